The minimum absolute atomic E-state index is 0.111. The number of hydrogen-bond donors (Lipinski definition) is 0. The lowest BCUT2D eigenvalue weighted by Gasteiger charge is -2.25. The fraction of sp³-hybridized carbons (Fsp3) is 0.857. The van der Waals surface area contributed by atoms with Gasteiger partial charge in [-0.15, -0.1) is 0 Å². The van der Waals surface area contributed by atoms with Gasteiger partial charge in [0.25, 0.3) is 0 Å². The number of hydrogen-bond acceptors (Lipinski definition) is 5. The molecule has 0 aromatic rings. The largest absolute Gasteiger partial charge is 0.466 e. The summed E-state index contributed by atoms with van der Waals surface area (Å²) in [4.78, 5) is 23.4. The monoisotopic (exact) mass is 274 g/mol. The highest BCUT2D eigenvalue weighted by Crippen LogP contribution is 2.15. The summed E-state index contributed by atoms with van der Waals surface area (Å²) in [6.07, 6.45) is 0.459. The minimum Gasteiger partial charge on any atom is -0.466 e. The predicted molar refractivity (Wildman–Crippen MR) is 71.7 cm³/mol. The van der Waals surface area contributed by atoms with Crippen LogP contribution < -0.4 is 0 Å². The molecule has 0 saturated carbocycles. The first kappa shape index (κ1) is 17.9. The smallest absolute Gasteiger partial charge is 0.335 e. The van der Waals surface area contributed by atoms with Crippen LogP contribution in [0.25, 0.3) is 0 Å². The van der Waals surface area contributed by atoms with E-state index in [-0.39, 0.29) is 6.42 Å². The zero-order valence-electron chi connectivity index (χ0n) is 12.7. The van der Waals surface area contributed by atoms with E-state index in [0.29, 0.717) is 13.2 Å². The van der Waals surface area contributed by atoms with Crippen molar-refractivity contribution in [2.24, 2.45) is 0 Å². The van der Waals surface area contributed by atoms with Crippen LogP contribution in [0.3, 0.4) is 0 Å². The maximum absolute atomic E-state index is 11.8. The molecule has 0 spiro atoms. The summed E-state index contributed by atoms with van der Waals surface area (Å²) < 4.78 is 15.6. The third-order valence-corrected chi connectivity index (χ3v) is 2.03. The van der Waals surface area contributed by atoms with Gasteiger partial charge in [0.1, 0.15) is 0 Å². The van der Waals surface area contributed by atoms with Crippen molar-refractivity contribution < 1.29 is 23.8 Å². The van der Waals surface area contributed by atoms with Crippen LogP contribution >= 0.6 is 0 Å². The van der Waals surface area contributed by atoms with Crippen LogP contribution in [0, 0.1) is 0 Å². The van der Waals surface area contributed by atoms with Gasteiger partial charge in [-0.25, -0.2) is 4.79 Å². The van der Waals surface area contributed by atoms with Crippen molar-refractivity contribution in [2.45, 2.75) is 65.6 Å². The third-order valence-electron chi connectivity index (χ3n) is 2.03. The second-order valence-electron chi connectivity index (χ2n) is 5.31. The molecule has 0 aliphatic heterocycles. The summed E-state index contributed by atoms with van der Waals surface area (Å²) in [5.74, 6) is -0.949. The molecule has 0 fully saturated rings. The average molecular weight is 274 g/mol. The molecule has 0 saturated heterocycles. The molecule has 1 atom stereocenters. The average Bonchev–Trinajstić information content (AvgIpc) is 2.30. The Bertz CT molecular complexity index is 280. The maximum atomic E-state index is 11.8. The van der Waals surface area contributed by atoms with Crippen LogP contribution in [0.5, 0.6) is 0 Å². The highest BCUT2D eigenvalue weighted by molar-refractivity contribution is 5.81. The highest BCUT2D eigenvalue weighted by Gasteiger charge is 2.29. The number of ether oxygens (including phenoxy) is 3. The topological polar surface area (TPSA) is 61.8 Å². The Balaban J connectivity index is 4.49. The van der Waals surface area contributed by atoms with Crippen LogP contribution in [0.2, 0.25) is 0 Å². The Morgan fingerprint density at radius 1 is 1.00 bits per heavy atom. The van der Waals surface area contributed by atoms with Crippen molar-refractivity contribution >= 4 is 11.9 Å². The van der Waals surface area contributed by atoms with Gasteiger partial charge in [0, 0.05) is 0 Å². The number of esters is 2. The van der Waals surface area contributed by atoms with E-state index in [4.69, 9.17) is 14.2 Å². The molecule has 19 heavy (non-hydrogen) atoms. The SMILES string of the molecule is CCCOC(=O)CC(OC(C)(C)C)C(=O)OCCC. The van der Waals surface area contributed by atoms with Crippen LogP contribution in [0.4, 0.5) is 0 Å². The predicted octanol–water partition coefficient (Wildman–Crippen LogP) is 2.47. The second kappa shape index (κ2) is 8.91. The van der Waals surface area contributed by atoms with E-state index in [2.05, 4.69) is 0 Å². The van der Waals surface area contributed by atoms with Crippen molar-refractivity contribution in [3.63, 3.8) is 0 Å². The molecule has 0 aromatic heterocycles. The van der Waals surface area contributed by atoms with E-state index in [1.54, 1.807) is 0 Å². The Morgan fingerprint density at radius 3 is 2.00 bits per heavy atom. The third kappa shape index (κ3) is 9.47. The first-order valence-electron chi connectivity index (χ1n) is 6.80. The molecule has 0 aliphatic rings. The van der Waals surface area contributed by atoms with E-state index in [0.717, 1.165) is 12.8 Å². The zero-order chi connectivity index (χ0) is 14.9. The lowest BCUT2D eigenvalue weighted by atomic mass is 10.1. The van der Waals surface area contributed by atoms with Gasteiger partial charge < -0.3 is 14.2 Å². The first-order valence-corrected chi connectivity index (χ1v) is 6.80. The molecule has 112 valence electrons. The fourth-order valence-electron chi connectivity index (χ4n) is 1.32. The van der Waals surface area contributed by atoms with Crippen LogP contribution in [-0.2, 0) is 23.8 Å². The van der Waals surface area contributed by atoms with Crippen molar-refractivity contribution in [2.75, 3.05) is 13.2 Å². The van der Waals surface area contributed by atoms with Crippen LogP contribution in [-0.4, -0.2) is 36.9 Å². The van der Waals surface area contributed by atoms with Crippen molar-refractivity contribution in [1.29, 1.82) is 0 Å². The Morgan fingerprint density at radius 2 is 1.53 bits per heavy atom. The van der Waals surface area contributed by atoms with E-state index in [1.807, 2.05) is 34.6 Å². The first-order chi connectivity index (χ1) is 8.80. The summed E-state index contributed by atoms with van der Waals surface area (Å²) in [7, 11) is 0. The van der Waals surface area contributed by atoms with Crippen molar-refractivity contribution in [3.05, 3.63) is 0 Å². The van der Waals surface area contributed by atoms with Gasteiger partial charge in [0.15, 0.2) is 6.10 Å². The Labute approximate surface area is 115 Å². The van der Waals surface area contributed by atoms with Gasteiger partial charge in [-0.2, -0.15) is 0 Å². The standard InChI is InChI=1S/C14H26O5/c1-6-8-17-12(15)10-11(19-14(3,4)5)13(16)18-9-7-2/h11H,6-10H2,1-5H3. The summed E-state index contributed by atoms with van der Waals surface area (Å²) >= 11 is 0. The second-order valence-corrected chi connectivity index (χ2v) is 5.31. The molecular formula is C14H26O5. The Hall–Kier alpha value is -1.10. The van der Waals surface area contributed by atoms with Gasteiger partial charge in [-0.05, 0) is 33.6 Å². The fourth-order valence-corrected chi connectivity index (χ4v) is 1.32. The molecule has 0 rings (SSSR count). The number of carbonyl (C=O) groups is 2. The summed E-state index contributed by atoms with van der Waals surface area (Å²) in [6.45, 7) is 9.96. The van der Waals surface area contributed by atoms with Crippen LogP contribution in [0.1, 0.15) is 53.9 Å². The van der Waals surface area contributed by atoms with Gasteiger partial charge >= 0.3 is 11.9 Å². The van der Waals surface area contributed by atoms with Crippen LogP contribution in [0.15, 0.2) is 0 Å². The summed E-state index contributed by atoms with van der Waals surface area (Å²) in [5, 5.41) is 0. The minimum atomic E-state index is -0.907. The Kier molecular flexibility index (Phi) is 8.39. The molecule has 5 nitrogen and oxygen atoms in total. The quantitative estimate of drug-likeness (QED) is 0.636. The zero-order valence-corrected chi connectivity index (χ0v) is 12.7. The van der Waals surface area contributed by atoms with Gasteiger partial charge in [0.2, 0.25) is 0 Å². The molecule has 0 radical (unpaired) electrons. The lowest BCUT2D eigenvalue weighted by Crippen LogP contribution is -2.36. The van der Waals surface area contributed by atoms with Crippen molar-refractivity contribution in [3.8, 4) is 0 Å². The molecule has 5 heteroatoms. The number of rotatable bonds is 8. The van der Waals surface area contributed by atoms with Crippen molar-refractivity contribution in [1.82, 2.24) is 0 Å². The van der Waals surface area contributed by atoms with Gasteiger partial charge in [-0.1, -0.05) is 13.8 Å². The van der Waals surface area contributed by atoms with E-state index < -0.39 is 23.6 Å². The summed E-state index contributed by atoms with van der Waals surface area (Å²) in [6, 6.07) is 0. The van der Waals surface area contributed by atoms with E-state index in [9.17, 15) is 9.59 Å². The molecule has 0 heterocycles. The normalized spacial score (nSPS) is 12.9. The molecule has 0 aromatic carbocycles. The molecule has 0 bridgehead atoms. The maximum Gasteiger partial charge on any atom is 0.335 e. The molecule has 1 unspecified atom stereocenters. The lowest BCUT2D eigenvalue weighted by molar-refractivity contribution is -0.172. The van der Waals surface area contributed by atoms with E-state index in [1.165, 1.54) is 0 Å². The summed E-state index contributed by atoms with van der Waals surface area (Å²) in [5.41, 5.74) is -0.527. The van der Waals surface area contributed by atoms with Gasteiger partial charge in [-0.3, -0.25) is 4.79 Å². The number of carbonyl (C=O) groups excluding carboxylic acids is 2. The molecule has 0 N–H and O–H groups in total. The molecule has 0 aliphatic carbocycles. The van der Waals surface area contributed by atoms with E-state index >= 15 is 0 Å². The highest BCUT2D eigenvalue weighted by atomic mass is 16.6. The van der Waals surface area contributed by atoms with Gasteiger partial charge in [0.05, 0.1) is 25.2 Å². The molecule has 0 amide bonds. The molecular weight excluding hydrogens is 248 g/mol.